The first-order valence-electron chi connectivity index (χ1n) is 7.06. The first-order valence-corrected chi connectivity index (χ1v) is 8.55. The molecule has 0 aliphatic heterocycles. The van der Waals surface area contributed by atoms with Crippen LogP contribution in [0.15, 0.2) is 47.8 Å². The molecule has 0 spiro atoms. The predicted molar refractivity (Wildman–Crippen MR) is 82.3 cm³/mol. The smallest absolute Gasteiger partial charge is 0.262 e. The minimum atomic E-state index is -3.64. The Hall–Kier alpha value is -2.41. The van der Waals surface area contributed by atoms with Gasteiger partial charge in [0, 0.05) is 6.20 Å². The van der Waals surface area contributed by atoms with Crippen LogP contribution in [-0.4, -0.2) is 23.0 Å². The monoisotopic (exact) mass is 314 g/mol. The zero-order valence-electron chi connectivity index (χ0n) is 11.7. The predicted octanol–water partition coefficient (Wildman–Crippen LogP) is 2.02. The molecular weight excluding hydrogens is 300 g/mol. The summed E-state index contributed by atoms with van der Waals surface area (Å²) in [7, 11) is -3.64. The van der Waals surface area contributed by atoms with Crippen LogP contribution in [0.5, 0.6) is 0 Å². The summed E-state index contributed by atoms with van der Waals surface area (Å²) >= 11 is 0. The van der Waals surface area contributed by atoms with E-state index >= 15 is 0 Å². The van der Waals surface area contributed by atoms with Crippen molar-refractivity contribution < 1.29 is 8.42 Å². The Bertz CT molecular complexity index is 963. The van der Waals surface area contributed by atoms with Crippen molar-refractivity contribution in [3.05, 3.63) is 54.0 Å². The number of aryl methyl sites for hydroxylation is 2. The van der Waals surface area contributed by atoms with E-state index in [1.165, 1.54) is 11.9 Å². The normalized spacial score (nSPS) is 14.2. The molecule has 6 nitrogen and oxygen atoms in total. The maximum absolute atomic E-state index is 12.6. The average Bonchev–Trinajstić information content (AvgIpc) is 3.15. The number of pyridine rings is 1. The highest BCUT2D eigenvalue weighted by molar-refractivity contribution is 7.92. The van der Waals surface area contributed by atoms with Crippen LogP contribution in [0.4, 0.5) is 5.69 Å². The van der Waals surface area contributed by atoms with Crippen molar-refractivity contribution >= 4 is 21.4 Å². The molecule has 0 radical (unpaired) electrons. The van der Waals surface area contributed by atoms with E-state index in [1.807, 2.05) is 6.07 Å². The molecule has 7 heteroatoms. The number of anilines is 1. The van der Waals surface area contributed by atoms with Gasteiger partial charge in [-0.2, -0.15) is 0 Å². The lowest BCUT2D eigenvalue weighted by Crippen LogP contribution is -2.14. The quantitative estimate of drug-likeness (QED) is 0.802. The van der Waals surface area contributed by atoms with Crippen molar-refractivity contribution in [2.45, 2.75) is 24.2 Å². The summed E-state index contributed by atoms with van der Waals surface area (Å²) in [5.41, 5.74) is 3.27. The molecule has 0 fully saturated rings. The fourth-order valence-corrected chi connectivity index (χ4v) is 3.96. The summed E-state index contributed by atoms with van der Waals surface area (Å²) < 4.78 is 29.5. The number of nitrogens with zero attached hydrogens (tertiary/aromatic N) is 3. The second kappa shape index (κ2) is 4.81. The number of hydrogen-bond acceptors (Lipinski definition) is 4. The summed E-state index contributed by atoms with van der Waals surface area (Å²) in [6, 6.07) is 8.77. The zero-order valence-corrected chi connectivity index (χ0v) is 12.5. The number of aromatic nitrogens is 3. The van der Waals surface area contributed by atoms with E-state index in [9.17, 15) is 8.42 Å². The third kappa shape index (κ3) is 2.14. The van der Waals surface area contributed by atoms with Gasteiger partial charge in [0.05, 0.1) is 10.6 Å². The first-order chi connectivity index (χ1) is 10.6. The molecule has 22 heavy (non-hydrogen) atoms. The molecule has 1 aliphatic rings. The first kappa shape index (κ1) is 13.3. The molecule has 1 N–H and O–H groups in total. The molecule has 1 aliphatic carbocycles. The Balaban J connectivity index is 1.74. The maximum Gasteiger partial charge on any atom is 0.262 e. The van der Waals surface area contributed by atoms with E-state index in [0.29, 0.717) is 11.3 Å². The van der Waals surface area contributed by atoms with Gasteiger partial charge in [-0.15, -0.1) is 10.2 Å². The van der Waals surface area contributed by atoms with Gasteiger partial charge < -0.3 is 0 Å². The van der Waals surface area contributed by atoms with Crippen LogP contribution in [0.25, 0.3) is 5.65 Å². The van der Waals surface area contributed by atoms with Crippen molar-refractivity contribution in [1.29, 1.82) is 0 Å². The molecular formula is C15H14N4O2S. The lowest BCUT2D eigenvalue weighted by molar-refractivity contribution is 0.601. The average molecular weight is 314 g/mol. The summed E-state index contributed by atoms with van der Waals surface area (Å²) in [4.78, 5) is 0.287. The van der Waals surface area contributed by atoms with Crippen LogP contribution in [0.3, 0.4) is 0 Å². The fourth-order valence-electron chi connectivity index (χ4n) is 2.85. The van der Waals surface area contributed by atoms with Crippen molar-refractivity contribution in [3.8, 4) is 0 Å². The molecule has 0 saturated carbocycles. The molecule has 1 aromatic carbocycles. The van der Waals surface area contributed by atoms with Crippen LogP contribution < -0.4 is 4.72 Å². The molecule has 0 unspecified atom stereocenters. The Kier molecular flexibility index (Phi) is 2.90. The minimum Gasteiger partial charge on any atom is -0.287 e. The second-order valence-corrected chi connectivity index (χ2v) is 7.06. The van der Waals surface area contributed by atoms with Gasteiger partial charge in [-0.05, 0) is 54.7 Å². The van der Waals surface area contributed by atoms with E-state index in [4.69, 9.17) is 0 Å². The van der Waals surface area contributed by atoms with Gasteiger partial charge in [0.25, 0.3) is 10.0 Å². The number of rotatable bonds is 3. The van der Waals surface area contributed by atoms with Crippen molar-refractivity contribution in [3.63, 3.8) is 0 Å². The fraction of sp³-hybridized carbons (Fsp3) is 0.200. The van der Waals surface area contributed by atoms with Crippen molar-refractivity contribution in [2.24, 2.45) is 0 Å². The minimum absolute atomic E-state index is 0.287. The van der Waals surface area contributed by atoms with Crippen LogP contribution in [0, 0.1) is 0 Å². The topological polar surface area (TPSA) is 76.4 Å². The Morgan fingerprint density at radius 1 is 1.14 bits per heavy atom. The van der Waals surface area contributed by atoms with E-state index in [2.05, 4.69) is 14.9 Å². The van der Waals surface area contributed by atoms with Gasteiger partial charge in [-0.1, -0.05) is 6.07 Å². The number of sulfonamides is 1. The molecule has 2 aromatic heterocycles. The molecule has 4 rings (SSSR count). The van der Waals surface area contributed by atoms with Crippen LogP contribution in [0.2, 0.25) is 0 Å². The third-order valence-electron chi connectivity index (χ3n) is 3.95. The highest BCUT2D eigenvalue weighted by Gasteiger charge is 2.19. The molecule has 0 amide bonds. The van der Waals surface area contributed by atoms with Crippen molar-refractivity contribution in [1.82, 2.24) is 14.6 Å². The summed E-state index contributed by atoms with van der Waals surface area (Å²) in [6.07, 6.45) is 6.36. The molecule has 2 heterocycles. The largest absolute Gasteiger partial charge is 0.287 e. The SMILES string of the molecule is O=S(=O)(Nc1cccn2cnnc12)c1ccc2c(c1)CCC2. The lowest BCUT2D eigenvalue weighted by atomic mass is 10.1. The van der Waals surface area contributed by atoms with Crippen LogP contribution in [0.1, 0.15) is 17.5 Å². The van der Waals surface area contributed by atoms with Gasteiger partial charge in [0.2, 0.25) is 0 Å². The third-order valence-corrected chi connectivity index (χ3v) is 5.31. The maximum atomic E-state index is 12.6. The number of fused-ring (bicyclic) bond motifs is 2. The van der Waals surface area contributed by atoms with E-state index < -0.39 is 10.0 Å². The summed E-state index contributed by atoms with van der Waals surface area (Å²) in [5.74, 6) is 0. The van der Waals surface area contributed by atoms with E-state index in [-0.39, 0.29) is 4.90 Å². The Labute approximate surface area is 127 Å². The molecule has 0 bridgehead atoms. The Morgan fingerprint density at radius 3 is 2.91 bits per heavy atom. The molecule has 3 aromatic rings. The van der Waals surface area contributed by atoms with Crippen LogP contribution >= 0.6 is 0 Å². The highest BCUT2D eigenvalue weighted by atomic mass is 32.2. The number of nitrogens with one attached hydrogen (secondary N) is 1. The molecule has 112 valence electrons. The van der Waals surface area contributed by atoms with Crippen LogP contribution in [-0.2, 0) is 22.9 Å². The van der Waals surface area contributed by atoms with Gasteiger partial charge in [0.15, 0.2) is 5.65 Å². The summed E-state index contributed by atoms with van der Waals surface area (Å²) in [6.45, 7) is 0. The van der Waals surface area contributed by atoms with E-state index in [1.54, 1.807) is 34.9 Å². The second-order valence-electron chi connectivity index (χ2n) is 5.37. The van der Waals surface area contributed by atoms with Gasteiger partial charge >= 0.3 is 0 Å². The Morgan fingerprint density at radius 2 is 2.00 bits per heavy atom. The zero-order chi connectivity index (χ0) is 15.2. The van der Waals surface area contributed by atoms with Crippen molar-refractivity contribution in [2.75, 3.05) is 4.72 Å². The van der Waals surface area contributed by atoms with Gasteiger partial charge in [-0.3, -0.25) is 9.12 Å². The lowest BCUT2D eigenvalue weighted by Gasteiger charge is -2.10. The van der Waals surface area contributed by atoms with E-state index in [0.717, 1.165) is 24.8 Å². The molecule has 0 saturated heterocycles. The number of hydrogen-bond donors (Lipinski definition) is 1. The standard InChI is InChI=1S/C15H14N4O2S/c20-22(21,13-7-6-11-3-1-4-12(11)9-13)18-14-5-2-8-19-10-16-17-15(14)19/h2,5-10,18H,1,3-4H2. The highest BCUT2D eigenvalue weighted by Crippen LogP contribution is 2.26. The molecule has 0 atom stereocenters. The van der Waals surface area contributed by atoms with Gasteiger partial charge in [-0.25, -0.2) is 8.42 Å². The number of benzene rings is 1. The summed E-state index contributed by atoms with van der Waals surface area (Å²) in [5, 5.41) is 7.73. The van der Waals surface area contributed by atoms with Gasteiger partial charge in [0.1, 0.15) is 6.33 Å².